The van der Waals surface area contributed by atoms with Crippen molar-refractivity contribution in [2.75, 3.05) is 5.73 Å². The van der Waals surface area contributed by atoms with E-state index in [4.69, 9.17) is 10.3 Å². The van der Waals surface area contributed by atoms with Crippen LogP contribution in [-0.4, -0.2) is 15.1 Å². The van der Waals surface area contributed by atoms with Crippen LogP contribution in [0.25, 0.3) is 11.5 Å². The number of rotatable bonds is 1. The molecule has 5 heteroatoms. The molecule has 0 amide bonds. The second-order valence-corrected chi connectivity index (χ2v) is 2.08. The lowest BCUT2D eigenvalue weighted by atomic mass is 10.3. The average Bonchev–Trinajstić information content (AvgIpc) is 2.55. The molecule has 0 bridgehead atoms. The molecule has 11 heavy (non-hydrogen) atoms. The second-order valence-electron chi connectivity index (χ2n) is 2.08. The van der Waals surface area contributed by atoms with Crippen LogP contribution in [-0.2, 0) is 0 Å². The first-order chi connectivity index (χ1) is 5.38. The lowest BCUT2D eigenvalue weighted by Crippen LogP contribution is -1.83. The summed E-state index contributed by atoms with van der Waals surface area (Å²) in [4.78, 5) is 6.68. The van der Waals surface area contributed by atoms with E-state index >= 15 is 0 Å². The number of nitrogens with one attached hydrogen (secondary N) is 1. The van der Waals surface area contributed by atoms with Crippen molar-refractivity contribution in [1.29, 1.82) is 0 Å². The Labute approximate surface area is 62.2 Å². The first-order valence-corrected chi connectivity index (χ1v) is 3.07. The smallest absolute Gasteiger partial charge is 0.207 e. The van der Waals surface area contributed by atoms with Crippen LogP contribution in [0.3, 0.4) is 0 Å². The lowest BCUT2D eigenvalue weighted by Gasteiger charge is -1.88. The van der Waals surface area contributed by atoms with E-state index in [9.17, 15) is 0 Å². The summed E-state index contributed by atoms with van der Waals surface area (Å²) in [5, 5.41) is 3.53. The number of aromatic nitrogens is 3. The number of nitrogens with zero attached hydrogens (tertiary/aromatic N) is 2. The van der Waals surface area contributed by atoms with Crippen LogP contribution in [0.1, 0.15) is 0 Å². The minimum absolute atomic E-state index is 0.509. The van der Waals surface area contributed by atoms with Gasteiger partial charge in [0.05, 0.1) is 18.7 Å². The summed E-state index contributed by atoms with van der Waals surface area (Å²) < 4.78 is 4.86. The first-order valence-electron chi connectivity index (χ1n) is 3.07. The fraction of sp³-hybridized carbons (Fsp3) is 0. The Bertz CT molecular complexity index is 337. The van der Waals surface area contributed by atoms with Gasteiger partial charge in [-0.2, -0.15) is 0 Å². The van der Waals surface area contributed by atoms with Gasteiger partial charge in [-0.1, -0.05) is 5.16 Å². The molecule has 0 aliphatic rings. The quantitative estimate of drug-likeness (QED) is 0.625. The van der Waals surface area contributed by atoms with Gasteiger partial charge in [-0.25, -0.2) is 4.98 Å². The highest BCUT2D eigenvalue weighted by Gasteiger charge is 2.07. The average molecular weight is 150 g/mol. The Morgan fingerprint density at radius 1 is 1.45 bits per heavy atom. The predicted molar refractivity (Wildman–Crippen MR) is 38.5 cm³/mol. The fourth-order valence-electron chi connectivity index (χ4n) is 0.832. The summed E-state index contributed by atoms with van der Waals surface area (Å²) in [5.41, 5.74) is 6.77. The van der Waals surface area contributed by atoms with Crippen LogP contribution < -0.4 is 5.73 Å². The lowest BCUT2D eigenvalue weighted by molar-refractivity contribution is 0.431. The highest BCUT2D eigenvalue weighted by Crippen LogP contribution is 2.21. The summed E-state index contributed by atoms with van der Waals surface area (Å²) >= 11 is 0. The number of aromatic amines is 1. The van der Waals surface area contributed by atoms with Crippen molar-refractivity contribution in [2.24, 2.45) is 0 Å². The summed E-state index contributed by atoms with van der Waals surface area (Å²) in [6.07, 6.45) is 4.63. The SMILES string of the molecule is Nc1cnoc1-c1cnc[nH]1. The van der Waals surface area contributed by atoms with E-state index in [1.54, 1.807) is 12.5 Å². The molecule has 56 valence electrons. The molecule has 5 nitrogen and oxygen atoms in total. The van der Waals surface area contributed by atoms with E-state index in [-0.39, 0.29) is 0 Å². The maximum absolute atomic E-state index is 5.53. The summed E-state index contributed by atoms with van der Waals surface area (Å²) in [6.45, 7) is 0. The second kappa shape index (κ2) is 2.12. The molecule has 0 aliphatic carbocycles. The van der Waals surface area contributed by atoms with Crippen molar-refractivity contribution in [3.63, 3.8) is 0 Å². The molecule has 2 aromatic heterocycles. The van der Waals surface area contributed by atoms with Crippen LogP contribution in [0, 0.1) is 0 Å². The molecular formula is C6H6N4O. The number of hydrogen-bond acceptors (Lipinski definition) is 4. The summed E-state index contributed by atoms with van der Waals surface area (Å²) in [6, 6.07) is 0. The van der Waals surface area contributed by atoms with E-state index in [1.165, 1.54) is 6.20 Å². The monoisotopic (exact) mass is 150 g/mol. The Hall–Kier alpha value is -1.78. The van der Waals surface area contributed by atoms with Crippen LogP contribution in [0.5, 0.6) is 0 Å². The Kier molecular flexibility index (Phi) is 1.15. The first kappa shape index (κ1) is 5.96. The molecule has 2 rings (SSSR count). The van der Waals surface area contributed by atoms with E-state index in [0.717, 1.165) is 5.69 Å². The van der Waals surface area contributed by atoms with Crippen molar-refractivity contribution in [1.82, 2.24) is 15.1 Å². The Balaban J connectivity index is 2.53. The molecule has 0 atom stereocenters. The molecule has 0 saturated carbocycles. The molecule has 2 heterocycles. The number of hydrogen-bond donors (Lipinski definition) is 2. The number of nitrogens with two attached hydrogens (primary N) is 1. The van der Waals surface area contributed by atoms with Crippen molar-refractivity contribution < 1.29 is 4.52 Å². The van der Waals surface area contributed by atoms with Gasteiger partial charge in [-0.05, 0) is 0 Å². The standard InChI is InChI=1S/C6H6N4O/c7-4-1-10-11-6(4)5-2-8-3-9-5/h1-3H,7H2,(H,8,9). The maximum atomic E-state index is 5.53. The normalized spacial score (nSPS) is 10.2. The molecule has 0 spiro atoms. The summed E-state index contributed by atoms with van der Waals surface area (Å²) in [7, 11) is 0. The van der Waals surface area contributed by atoms with Crippen LogP contribution in [0.4, 0.5) is 5.69 Å². The van der Waals surface area contributed by atoms with E-state index in [0.29, 0.717) is 11.4 Å². The number of nitrogen functional groups attached to an aromatic ring is 1. The predicted octanol–water partition coefficient (Wildman–Crippen LogP) is 0.647. The molecule has 0 fully saturated rings. The third-order valence-corrected chi connectivity index (χ3v) is 1.34. The minimum atomic E-state index is 0.509. The van der Waals surface area contributed by atoms with Gasteiger partial charge in [0.25, 0.3) is 0 Å². The van der Waals surface area contributed by atoms with Crippen LogP contribution in [0.15, 0.2) is 23.2 Å². The van der Waals surface area contributed by atoms with Crippen LogP contribution >= 0.6 is 0 Å². The zero-order valence-corrected chi connectivity index (χ0v) is 5.61. The molecule has 0 aromatic carbocycles. The zero-order valence-electron chi connectivity index (χ0n) is 5.61. The van der Waals surface area contributed by atoms with E-state index < -0.39 is 0 Å². The molecule has 3 N–H and O–H groups in total. The third-order valence-electron chi connectivity index (χ3n) is 1.34. The van der Waals surface area contributed by atoms with Crippen molar-refractivity contribution >= 4 is 5.69 Å². The number of H-pyrrole nitrogens is 1. The van der Waals surface area contributed by atoms with Crippen molar-refractivity contribution in [3.8, 4) is 11.5 Å². The molecule has 0 aliphatic heterocycles. The minimum Gasteiger partial charge on any atom is -0.394 e. The molecular weight excluding hydrogens is 144 g/mol. The Morgan fingerprint density at radius 3 is 2.91 bits per heavy atom. The van der Waals surface area contributed by atoms with Gasteiger partial charge in [-0.15, -0.1) is 0 Å². The van der Waals surface area contributed by atoms with Gasteiger partial charge in [0.1, 0.15) is 11.4 Å². The highest BCUT2D eigenvalue weighted by molar-refractivity contribution is 5.65. The van der Waals surface area contributed by atoms with Gasteiger partial charge in [0, 0.05) is 0 Å². The van der Waals surface area contributed by atoms with Gasteiger partial charge in [0.15, 0.2) is 0 Å². The van der Waals surface area contributed by atoms with Gasteiger partial charge in [0.2, 0.25) is 5.76 Å². The van der Waals surface area contributed by atoms with E-state index in [1.807, 2.05) is 0 Å². The fourth-order valence-corrected chi connectivity index (χ4v) is 0.832. The largest absolute Gasteiger partial charge is 0.394 e. The van der Waals surface area contributed by atoms with Gasteiger partial charge >= 0.3 is 0 Å². The molecule has 2 aromatic rings. The molecule has 0 unspecified atom stereocenters. The summed E-state index contributed by atoms with van der Waals surface area (Å²) in [5.74, 6) is 0.530. The maximum Gasteiger partial charge on any atom is 0.207 e. The molecule has 0 radical (unpaired) electrons. The van der Waals surface area contributed by atoms with Gasteiger partial charge < -0.3 is 15.2 Å². The van der Waals surface area contributed by atoms with Crippen molar-refractivity contribution in [3.05, 3.63) is 18.7 Å². The molecule has 0 saturated heterocycles. The number of anilines is 1. The third kappa shape index (κ3) is 0.861. The Morgan fingerprint density at radius 2 is 2.36 bits per heavy atom. The van der Waals surface area contributed by atoms with Crippen molar-refractivity contribution in [2.45, 2.75) is 0 Å². The van der Waals surface area contributed by atoms with E-state index in [2.05, 4.69) is 15.1 Å². The zero-order chi connectivity index (χ0) is 7.68. The highest BCUT2D eigenvalue weighted by atomic mass is 16.5. The topological polar surface area (TPSA) is 80.7 Å². The van der Waals surface area contributed by atoms with Crippen LogP contribution in [0.2, 0.25) is 0 Å². The van der Waals surface area contributed by atoms with Gasteiger partial charge in [-0.3, -0.25) is 0 Å². The number of imidazole rings is 1.